The second-order valence-corrected chi connectivity index (χ2v) is 3.56. The molecule has 0 aliphatic rings. The molecule has 4 heteroatoms. The first-order chi connectivity index (χ1) is 4.95. The zero-order chi connectivity index (χ0) is 8.91. The molecule has 0 radical (unpaired) electrons. The van der Waals surface area contributed by atoms with Gasteiger partial charge in [0, 0.05) is 0 Å². The number of hydrogen-bond acceptors (Lipinski definition) is 3. The van der Waals surface area contributed by atoms with Crippen LogP contribution in [0.2, 0.25) is 0 Å². The number of quaternary nitrogens is 1. The summed E-state index contributed by atoms with van der Waals surface area (Å²) in [5, 5.41) is 9.22. The maximum Gasteiger partial charge on any atom is 0.293 e. The Morgan fingerprint density at radius 2 is 2.00 bits per heavy atom. The van der Waals surface area contributed by atoms with E-state index >= 15 is 0 Å². The van der Waals surface area contributed by atoms with Crippen LogP contribution in [0.4, 0.5) is 0 Å². The molecule has 12 heavy (non-hydrogen) atoms. The number of rotatable bonds is 5. The number of hydrogen-bond donors (Lipinski definition) is 1. The monoisotopic (exact) mass is 178 g/mol. The van der Waals surface area contributed by atoms with Gasteiger partial charge in [0.2, 0.25) is 0 Å². The molecule has 0 aromatic heterocycles. The van der Waals surface area contributed by atoms with E-state index in [0.717, 1.165) is 0 Å². The number of nitrogens with zero attached hydrogens (tertiary/aromatic N) is 1. The van der Waals surface area contributed by atoms with Crippen molar-refractivity contribution in [3.05, 3.63) is 0 Å². The van der Waals surface area contributed by atoms with Crippen LogP contribution in [0.1, 0.15) is 7.43 Å². The predicted octanol–water partition coefficient (Wildman–Crippen LogP) is -0.137. The molecule has 0 aliphatic carbocycles. The molecule has 0 saturated heterocycles. The summed E-state index contributed by atoms with van der Waals surface area (Å²) in [5.74, 6) is 0. The molecule has 0 heterocycles. The molecule has 0 aromatic rings. The molecule has 0 fully saturated rings. The van der Waals surface area contributed by atoms with Crippen molar-refractivity contribution in [1.82, 2.24) is 0 Å². The summed E-state index contributed by atoms with van der Waals surface area (Å²) in [6.07, 6.45) is -0.569. The fraction of sp³-hybridized carbons (Fsp3) is 0.875. The molecule has 0 aliphatic heterocycles. The van der Waals surface area contributed by atoms with Crippen LogP contribution < -0.4 is 0 Å². The fourth-order valence-corrected chi connectivity index (χ4v) is 0.835. The second-order valence-electron chi connectivity index (χ2n) is 3.56. The maximum absolute atomic E-state index is 9.74. The Balaban J connectivity index is 0. The summed E-state index contributed by atoms with van der Waals surface area (Å²) in [5.41, 5.74) is 0. The minimum atomic E-state index is -0.569. The van der Waals surface area contributed by atoms with Gasteiger partial charge >= 0.3 is 0 Å². The standard InChI is InChI=1S/C7H16NO3.CH4/c1-8(2,3)4-7(10)5-11-6-9;/h6-7,10H,4-5H2,1-3H3;1H4/q+1;. The lowest BCUT2D eigenvalue weighted by molar-refractivity contribution is -0.873. The number of carbonyl (C=O) groups excluding carboxylic acids is 1. The summed E-state index contributed by atoms with van der Waals surface area (Å²) in [7, 11) is 5.89. The number of aliphatic hydroxyl groups is 1. The van der Waals surface area contributed by atoms with E-state index in [9.17, 15) is 9.90 Å². The van der Waals surface area contributed by atoms with Gasteiger partial charge in [-0.2, -0.15) is 0 Å². The van der Waals surface area contributed by atoms with Crippen LogP contribution in [0.5, 0.6) is 0 Å². The first-order valence-corrected chi connectivity index (χ1v) is 3.49. The minimum absolute atomic E-state index is 0. The summed E-state index contributed by atoms with van der Waals surface area (Å²) in [6.45, 7) is 1.01. The van der Waals surface area contributed by atoms with Crippen molar-refractivity contribution >= 4 is 6.47 Å². The number of likely N-dealkylation sites (N-methyl/N-ethyl adjacent to an activating group) is 1. The Morgan fingerprint density at radius 3 is 2.33 bits per heavy atom. The second kappa shape index (κ2) is 5.97. The highest BCUT2D eigenvalue weighted by Gasteiger charge is 2.15. The van der Waals surface area contributed by atoms with Crippen LogP contribution in [-0.4, -0.2) is 56.5 Å². The number of ether oxygens (including phenoxy) is 1. The van der Waals surface area contributed by atoms with Crippen molar-refractivity contribution < 1.29 is 19.1 Å². The van der Waals surface area contributed by atoms with Crippen molar-refractivity contribution in [3.63, 3.8) is 0 Å². The highest BCUT2D eigenvalue weighted by Crippen LogP contribution is 1.94. The quantitative estimate of drug-likeness (QED) is 0.471. The molecule has 0 rings (SSSR count). The minimum Gasteiger partial charge on any atom is -0.465 e. The highest BCUT2D eigenvalue weighted by molar-refractivity contribution is 5.36. The summed E-state index contributed by atoms with van der Waals surface area (Å²) in [4.78, 5) is 9.74. The van der Waals surface area contributed by atoms with E-state index in [4.69, 9.17) is 0 Å². The highest BCUT2D eigenvalue weighted by atomic mass is 16.5. The van der Waals surface area contributed by atoms with E-state index in [-0.39, 0.29) is 14.0 Å². The third-order valence-corrected chi connectivity index (χ3v) is 1.12. The van der Waals surface area contributed by atoms with Gasteiger partial charge in [0.25, 0.3) is 6.47 Å². The number of aliphatic hydroxyl groups excluding tert-OH is 1. The van der Waals surface area contributed by atoms with Gasteiger partial charge in [0.15, 0.2) is 0 Å². The smallest absolute Gasteiger partial charge is 0.293 e. The van der Waals surface area contributed by atoms with E-state index in [1.807, 2.05) is 21.1 Å². The van der Waals surface area contributed by atoms with Gasteiger partial charge in [-0.3, -0.25) is 4.79 Å². The van der Waals surface area contributed by atoms with Crippen molar-refractivity contribution in [2.75, 3.05) is 34.3 Å². The van der Waals surface area contributed by atoms with E-state index in [1.165, 1.54) is 0 Å². The van der Waals surface area contributed by atoms with Crippen LogP contribution in [0.15, 0.2) is 0 Å². The Kier molecular flexibility index (Phi) is 6.94. The average Bonchev–Trinajstić information content (AvgIpc) is 1.79. The predicted molar refractivity (Wildman–Crippen MR) is 47.7 cm³/mol. The molecule has 1 atom stereocenters. The van der Waals surface area contributed by atoms with Crippen molar-refractivity contribution in [1.29, 1.82) is 0 Å². The largest absolute Gasteiger partial charge is 0.465 e. The Labute approximate surface area is 74.3 Å². The molecule has 4 nitrogen and oxygen atoms in total. The van der Waals surface area contributed by atoms with Crippen molar-refractivity contribution in [2.24, 2.45) is 0 Å². The Bertz CT molecular complexity index is 120. The molecule has 0 amide bonds. The van der Waals surface area contributed by atoms with Crippen LogP contribution >= 0.6 is 0 Å². The van der Waals surface area contributed by atoms with Gasteiger partial charge in [0.1, 0.15) is 19.3 Å². The third kappa shape index (κ3) is 9.39. The first kappa shape index (κ1) is 13.9. The van der Waals surface area contributed by atoms with Crippen LogP contribution in [0, 0.1) is 0 Å². The Hall–Kier alpha value is -0.610. The van der Waals surface area contributed by atoms with E-state index in [0.29, 0.717) is 17.5 Å². The first-order valence-electron chi connectivity index (χ1n) is 3.49. The normalized spacial score (nSPS) is 13.0. The van der Waals surface area contributed by atoms with Gasteiger partial charge in [-0.15, -0.1) is 0 Å². The van der Waals surface area contributed by atoms with E-state index in [2.05, 4.69) is 4.74 Å². The average molecular weight is 178 g/mol. The molecule has 1 N–H and O–H groups in total. The lowest BCUT2D eigenvalue weighted by Gasteiger charge is -2.26. The maximum atomic E-state index is 9.74. The fourth-order valence-electron chi connectivity index (χ4n) is 0.835. The lowest BCUT2D eigenvalue weighted by atomic mass is 10.3. The SMILES string of the molecule is C.C[N+](C)(C)CC(O)COC=O. The van der Waals surface area contributed by atoms with E-state index < -0.39 is 6.10 Å². The molecule has 0 bridgehead atoms. The molecular weight excluding hydrogens is 158 g/mol. The van der Waals surface area contributed by atoms with Crippen molar-refractivity contribution in [3.8, 4) is 0 Å². The van der Waals surface area contributed by atoms with Gasteiger partial charge in [0.05, 0.1) is 21.1 Å². The van der Waals surface area contributed by atoms with Gasteiger partial charge in [-0.25, -0.2) is 0 Å². The number of carbonyl (C=O) groups is 1. The van der Waals surface area contributed by atoms with Crippen LogP contribution in [-0.2, 0) is 9.53 Å². The van der Waals surface area contributed by atoms with Crippen LogP contribution in [0.3, 0.4) is 0 Å². The van der Waals surface area contributed by atoms with Gasteiger partial charge < -0.3 is 14.3 Å². The molecule has 0 aromatic carbocycles. The molecular formula is C8H20NO3+. The summed E-state index contributed by atoms with van der Waals surface area (Å²) >= 11 is 0. The van der Waals surface area contributed by atoms with Crippen molar-refractivity contribution in [2.45, 2.75) is 13.5 Å². The zero-order valence-electron chi connectivity index (χ0n) is 7.28. The van der Waals surface area contributed by atoms with Gasteiger partial charge in [-0.05, 0) is 0 Å². The summed E-state index contributed by atoms with van der Waals surface area (Å²) in [6, 6.07) is 0. The van der Waals surface area contributed by atoms with Gasteiger partial charge in [-0.1, -0.05) is 7.43 Å². The Morgan fingerprint density at radius 1 is 1.50 bits per heavy atom. The summed E-state index contributed by atoms with van der Waals surface area (Å²) < 4.78 is 5.06. The van der Waals surface area contributed by atoms with E-state index in [1.54, 1.807) is 0 Å². The molecule has 1 unspecified atom stereocenters. The topological polar surface area (TPSA) is 46.5 Å². The lowest BCUT2D eigenvalue weighted by Crippen LogP contribution is -2.42. The molecule has 0 saturated carbocycles. The molecule has 0 spiro atoms. The molecule has 74 valence electrons. The van der Waals surface area contributed by atoms with Crippen LogP contribution in [0.25, 0.3) is 0 Å². The zero-order valence-corrected chi connectivity index (χ0v) is 7.28. The third-order valence-electron chi connectivity index (χ3n) is 1.12.